The van der Waals surface area contributed by atoms with Gasteiger partial charge in [-0.25, -0.2) is 4.98 Å². The van der Waals surface area contributed by atoms with E-state index in [1.54, 1.807) is 6.07 Å². The third kappa shape index (κ3) is 2.97. The summed E-state index contributed by atoms with van der Waals surface area (Å²) in [5.41, 5.74) is 1.54. The fourth-order valence-corrected chi connectivity index (χ4v) is 2.25. The Kier molecular flexibility index (Phi) is 3.78. The molecule has 0 fully saturated rings. The predicted octanol–water partition coefficient (Wildman–Crippen LogP) is 3.26. The van der Waals surface area contributed by atoms with Crippen molar-refractivity contribution in [2.45, 2.75) is 13.1 Å². The number of fused-ring (bicyclic) bond motifs is 1. The first-order valence-electron chi connectivity index (χ1n) is 7.08. The Bertz CT molecular complexity index is 885. The number of rotatable bonds is 3. The van der Waals surface area contributed by atoms with Gasteiger partial charge in [0.25, 0.3) is 5.78 Å². The van der Waals surface area contributed by atoms with Crippen LogP contribution in [-0.2, 0) is 6.18 Å². The summed E-state index contributed by atoms with van der Waals surface area (Å²) < 4.78 is 40.3. The molecule has 3 rings (SSSR count). The summed E-state index contributed by atoms with van der Waals surface area (Å²) in [6, 6.07) is 6.54. The van der Waals surface area contributed by atoms with Crippen LogP contribution in [0.15, 0.2) is 30.6 Å². The second kappa shape index (κ2) is 5.66. The number of benzene rings is 1. The van der Waals surface area contributed by atoms with Gasteiger partial charge in [0.15, 0.2) is 5.69 Å². The van der Waals surface area contributed by atoms with E-state index in [1.807, 2.05) is 38.1 Å². The van der Waals surface area contributed by atoms with E-state index >= 15 is 0 Å². The Morgan fingerprint density at radius 1 is 1.17 bits per heavy atom. The van der Waals surface area contributed by atoms with Gasteiger partial charge in [-0.2, -0.15) is 27.8 Å². The lowest BCUT2D eigenvalue weighted by Crippen LogP contribution is -2.12. The fourth-order valence-electron chi connectivity index (χ4n) is 2.25. The van der Waals surface area contributed by atoms with Crippen molar-refractivity contribution in [2.75, 3.05) is 24.3 Å². The first kappa shape index (κ1) is 16.0. The van der Waals surface area contributed by atoms with Gasteiger partial charge in [0.1, 0.15) is 12.1 Å². The molecule has 1 N–H and O–H groups in total. The highest BCUT2D eigenvalue weighted by atomic mass is 19.4. The minimum absolute atomic E-state index is 0.116. The van der Waals surface area contributed by atoms with Gasteiger partial charge >= 0.3 is 6.18 Å². The van der Waals surface area contributed by atoms with Crippen LogP contribution in [0.2, 0.25) is 0 Å². The van der Waals surface area contributed by atoms with E-state index in [-0.39, 0.29) is 11.6 Å². The van der Waals surface area contributed by atoms with Crippen LogP contribution in [0.4, 0.5) is 30.4 Å². The summed E-state index contributed by atoms with van der Waals surface area (Å²) in [5, 5.41) is 6.90. The van der Waals surface area contributed by atoms with Crippen LogP contribution in [0.25, 0.3) is 5.78 Å². The van der Waals surface area contributed by atoms with Crippen LogP contribution in [0.5, 0.6) is 0 Å². The van der Waals surface area contributed by atoms with E-state index in [4.69, 9.17) is 0 Å². The number of aromatic nitrogens is 4. The van der Waals surface area contributed by atoms with E-state index < -0.39 is 11.9 Å². The molecule has 0 atom stereocenters. The molecule has 2 heterocycles. The van der Waals surface area contributed by atoms with E-state index in [2.05, 4.69) is 20.4 Å². The zero-order chi connectivity index (χ0) is 17.5. The van der Waals surface area contributed by atoms with E-state index in [1.165, 1.54) is 4.52 Å². The second-order valence-electron chi connectivity index (χ2n) is 5.51. The molecule has 0 unspecified atom stereocenters. The molecular formula is C15H15F3N6. The van der Waals surface area contributed by atoms with Gasteiger partial charge in [-0.05, 0) is 30.7 Å². The molecule has 9 heteroatoms. The molecule has 1 aromatic carbocycles. The van der Waals surface area contributed by atoms with Crippen molar-refractivity contribution in [2.24, 2.45) is 0 Å². The molecule has 24 heavy (non-hydrogen) atoms. The number of nitrogens with zero attached hydrogens (tertiary/aromatic N) is 5. The van der Waals surface area contributed by atoms with Gasteiger partial charge in [-0.1, -0.05) is 0 Å². The number of hydrogen-bond donors (Lipinski definition) is 1. The van der Waals surface area contributed by atoms with Crippen LogP contribution in [0.3, 0.4) is 0 Å². The number of nitrogens with one attached hydrogen (secondary N) is 1. The van der Waals surface area contributed by atoms with Gasteiger partial charge in [-0.3, -0.25) is 0 Å². The minimum Gasteiger partial charge on any atom is -0.378 e. The highest BCUT2D eigenvalue weighted by Gasteiger charge is 2.34. The summed E-state index contributed by atoms with van der Waals surface area (Å²) in [5.74, 6) is 0.0282. The summed E-state index contributed by atoms with van der Waals surface area (Å²) in [6.45, 7) is 1.87. The molecule has 126 valence electrons. The number of alkyl halides is 3. The highest BCUT2D eigenvalue weighted by molar-refractivity contribution is 5.66. The monoisotopic (exact) mass is 336 g/mol. The minimum atomic E-state index is -4.56. The van der Waals surface area contributed by atoms with Crippen LogP contribution in [0.1, 0.15) is 11.3 Å². The first-order valence-corrected chi connectivity index (χ1v) is 7.08. The Labute approximate surface area is 136 Å². The normalized spacial score (nSPS) is 11.8. The molecule has 0 saturated heterocycles. The van der Waals surface area contributed by atoms with Crippen molar-refractivity contribution in [3.8, 4) is 0 Å². The standard InChI is InChI=1S/C15H15F3N6/c1-9-6-10(23(2)3)4-5-11(9)21-13-7-12(15(16,17)18)22-14-19-8-20-24(13)14/h4-8,21H,1-3H3. The van der Waals surface area contributed by atoms with Gasteiger partial charge in [0.2, 0.25) is 0 Å². The van der Waals surface area contributed by atoms with Crippen molar-refractivity contribution in [3.05, 3.63) is 41.9 Å². The zero-order valence-electron chi connectivity index (χ0n) is 13.3. The van der Waals surface area contributed by atoms with E-state index in [9.17, 15) is 13.2 Å². The van der Waals surface area contributed by atoms with Crippen LogP contribution in [0, 0.1) is 6.92 Å². The molecule has 0 aliphatic rings. The lowest BCUT2D eigenvalue weighted by molar-refractivity contribution is -0.141. The SMILES string of the molecule is Cc1cc(N(C)C)ccc1Nc1cc(C(F)(F)F)nc2ncnn12. The average Bonchev–Trinajstić information content (AvgIpc) is 2.96. The molecule has 0 amide bonds. The summed E-state index contributed by atoms with van der Waals surface area (Å²) in [7, 11) is 3.83. The van der Waals surface area contributed by atoms with Crippen molar-refractivity contribution < 1.29 is 13.2 Å². The topological polar surface area (TPSA) is 58.3 Å². The molecule has 3 aromatic rings. The maximum atomic E-state index is 13.0. The molecule has 0 aliphatic heterocycles. The highest BCUT2D eigenvalue weighted by Crippen LogP contribution is 2.31. The first-order chi connectivity index (χ1) is 11.3. The quantitative estimate of drug-likeness (QED) is 0.795. The summed E-state index contributed by atoms with van der Waals surface area (Å²) in [6.07, 6.45) is -3.40. The number of halogens is 3. The van der Waals surface area contributed by atoms with Crippen molar-refractivity contribution in [1.29, 1.82) is 0 Å². The molecule has 2 aromatic heterocycles. The second-order valence-corrected chi connectivity index (χ2v) is 5.51. The Morgan fingerprint density at radius 2 is 1.92 bits per heavy atom. The Morgan fingerprint density at radius 3 is 2.54 bits per heavy atom. The number of aryl methyl sites for hydroxylation is 1. The maximum absolute atomic E-state index is 13.0. The van der Waals surface area contributed by atoms with Crippen LogP contribution < -0.4 is 10.2 Å². The maximum Gasteiger partial charge on any atom is 0.433 e. The third-order valence-corrected chi connectivity index (χ3v) is 3.53. The zero-order valence-corrected chi connectivity index (χ0v) is 13.3. The van der Waals surface area contributed by atoms with Gasteiger partial charge in [0.05, 0.1) is 0 Å². The van der Waals surface area contributed by atoms with Crippen molar-refractivity contribution in [1.82, 2.24) is 19.6 Å². The van der Waals surface area contributed by atoms with Gasteiger partial charge in [-0.15, -0.1) is 0 Å². The molecular weight excluding hydrogens is 321 g/mol. The van der Waals surface area contributed by atoms with Gasteiger partial charge < -0.3 is 10.2 Å². The van der Waals surface area contributed by atoms with Crippen LogP contribution >= 0.6 is 0 Å². The third-order valence-electron chi connectivity index (χ3n) is 3.53. The Hall–Kier alpha value is -2.84. The van der Waals surface area contributed by atoms with Crippen LogP contribution in [-0.4, -0.2) is 33.7 Å². The largest absolute Gasteiger partial charge is 0.433 e. The summed E-state index contributed by atoms with van der Waals surface area (Å²) in [4.78, 5) is 9.18. The van der Waals surface area contributed by atoms with E-state index in [0.717, 1.165) is 23.6 Å². The lowest BCUT2D eigenvalue weighted by Gasteiger charge is -2.17. The molecule has 6 nitrogen and oxygen atoms in total. The molecule has 0 bridgehead atoms. The average molecular weight is 336 g/mol. The smallest absolute Gasteiger partial charge is 0.378 e. The van der Waals surface area contributed by atoms with Crippen molar-refractivity contribution >= 4 is 23.0 Å². The van der Waals surface area contributed by atoms with Crippen molar-refractivity contribution in [3.63, 3.8) is 0 Å². The summed E-state index contributed by atoms with van der Waals surface area (Å²) >= 11 is 0. The fraction of sp³-hybridized carbons (Fsp3) is 0.267. The van der Waals surface area contributed by atoms with E-state index in [0.29, 0.717) is 5.69 Å². The van der Waals surface area contributed by atoms with Gasteiger partial charge in [0, 0.05) is 31.5 Å². The number of anilines is 3. The molecule has 0 saturated carbocycles. The molecule has 0 radical (unpaired) electrons. The molecule has 0 spiro atoms. The Balaban J connectivity index is 2.05. The number of hydrogen-bond acceptors (Lipinski definition) is 5. The lowest BCUT2D eigenvalue weighted by atomic mass is 10.1. The molecule has 0 aliphatic carbocycles. The predicted molar refractivity (Wildman–Crippen MR) is 84.6 cm³/mol.